The molecule has 0 unspecified atom stereocenters. The molecule has 114 valence electrons. The van der Waals surface area contributed by atoms with Gasteiger partial charge in [-0.2, -0.15) is 0 Å². The van der Waals surface area contributed by atoms with E-state index < -0.39 is 4.92 Å². The van der Waals surface area contributed by atoms with E-state index >= 15 is 0 Å². The van der Waals surface area contributed by atoms with Crippen LogP contribution < -0.4 is 5.32 Å². The molecule has 1 amide bonds. The molecule has 5 nitrogen and oxygen atoms in total. The minimum Gasteiger partial charge on any atom is -0.351 e. The molecule has 0 aliphatic carbocycles. The number of nitrogens with zero attached hydrogens (tertiary/aromatic N) is 1. The first-order chi connectivity index (χ1) is 10.5. The van der Waals surface area contributed by atoms with Gasteiger partial charge in [-0.05, 0) is 39.5 Å². The molecule has 0 aromatic heterocycles. The molecule has 0 heterocycles. The van der Waals surface area contributed by atoms with Gasteiger partial charge in [0.05, 0.1) is 9.40 Å². The quantitative estimate of drug-likeness (QED) is 0.647. The minimum absolute atomic E-state index is 0.122. The number of amides is 1. The first-order valence-corrected chi connectivity index (χ1v) is 7.55. The van der Waals surface area contributed by atoms with Crippen molar-refractivity contribution in [1.82, 2.24) is 5.32 Å². The average Bonchev–Trinajstić information content (AvgIpc) is 2.53. The second-order valence-corrected chi connectivity index (χ2v) is 5.80. The van der Waals surface area contributed by atoms with Crippen molar-refractivity contribution >= 4 is 27.5 Å². The number of rotatable bonds is 5. The third-order valence-corrected chi connectivity index (χ3v) is 4.01. The molecule has 0 radical (unpaired) electrons. The summed E-state index contributed by atoms with van der Waals surface area (Å²) in [5, 5.41) is 13.7. The molecule has 2 rings (SSSR count). The number of nitro benzene ring substituents is 1. The number of benzene rings is 2. The van der Waals surface area contributed by atoms with Crippen molar-refractivity contribution in [2.24, 2.45) is 0 Å². The van der Waals surface area contributed by atoms with Crippen LogP contribution in [0.3, 0.4) is 0 Å². The van der Waals surface area contributed by atoms with Crippen molar-refractivity contribution < 1.29 is 9.72 Å². The van der Waals surface area contributed by atoms with E-state index in [-0.39, 0.29) is 23.1 Å². The maximum absolute atomic E-state index is 12.1. The van der Waals surface area contributed by atoms with Crippen LogP contribution in [0.1, 0.15) is 28.8 Å². The van der Waals surface area contributed by atoms with Gasteiger partial charge < -0.3 is 5.32 Å². The lowest BCUT2D eigenvalue weighted by atomic mass is 10.0. The number of carbonyl (C=O) groups excluding carboxylic acids is 1. The lowest BCUT2D eigenvalue weighted by Gasteiger charge is -2.13. The molecule has 0 aliphatic heterocycles. The lowest BCUT2D eigenvalue weighted by molar-refractivity contribution is -0.385. The Bertz CT molecular complexity index is 689. The van der Waals surface area contributed by atoms with Gasteiger partial charge in [0.1, 0.15) is 0 Å². The largest absolute Gasteiger partial charge is 0.351 e. The van der Waals surface area contributed by atoms with Crippen LogP contribution in [0.2, 0.25) is 0 Å². The molecule has 2 aromatic carbocycles. The van der Waals surface area contributed by atoms with Gasteiger partial charge in [-0.3, -0.25) is 14.9 Å². The van der Waals surface area contributed by atoms with Gasteiger partial charge >= 0.3 is 0 Å². The molecule has 1 N–H and O–H groups in total. The van der Waals surface area contributed by atoms with Gasteiger partial charge in [0.25, 0.3) is 11.6 Å². The highest BCUT2D eigenvalue weighted by molar-refractivity contribution is 9.10. The van der Waals surface area contributed by atoms with Crippen LogP contribution in [-0.2, 0) is 0 Å². The fraction of sp³-hybridized carbons (Fsp3) is 0.188. The highest BCUT2D eigenvalue weighted by atomic mass is 79.9. The van der Waals surface area contributed by atoms with Gasteiger partial charge in [-0.1, -0.05) is 37.3 Å². The second-order valence-electron chi connectivity index (χ2n) is 4.95. The van der Waals surface area contributed by atoms with Crippen molar-refractivity contribution in [3.8, 4) is 0 Å². The Morgan fingerprint density at radius 2 is 1.95 bits per heavy atom. The Labute approximate surface area is 136 Å². The topological polar surface area (TPSA) is 72.2 Å². The molecule has 2 aromatic rings. The number of halogens is 1. The van der Waals surface area contributed by atoms with Gasteiger partial charge in [0.15, 0.2) is 0 Å². The van der Waals surface area contributed by atoms with Gasteiger partial charge in [-0.15, -0.1) is 0 Å². The second kappa shape index (κ2) is 7.17. The fourth-order valence-corrected chi connectivity index (χ4v) is 2.43. The molecule has 0 bridgehead atoms. The van der Waals surface area contributed by atoms with Crippen LogP contribution in [0, 0.1) is 10.1 Å². The monoisotopic (exact) mass is 362 g/mol. The summed E-state index contributed by atoms with van der Waals surface area (Å²) < 4.78 is 0.353. The summed E-state index contributed by atoms with van der Waals surface area (Å²) in [4.78, 5) is 22.5. The highest BCUT2D eigenvalue weighted by Crippen LogP contribution is 2.25. The summed E-state index contributed by atoms with van der Waals surface area (Å²) in [6.45, 7) is 2.48. The standard InChI is InChI=1S/C16H15BrN2O3/c1-11(12-5-3-2-4-6-12)10-18-16(20)13-7-8-14(17)15(9-13)19(21)22/h2-9,11H,10H2,1H3,(H,18,20)/t11-/m1/s1. The molecule has 0 aliphatic rings. The van der Waals surface area contributed by atoms with E-state index in [0.717, 1.165) is 5.56 Å². The van der Waals surface area contributed by atoms with Crippen molar-refractivity contribution in [1.29, 1.82) is 0 Å². The number of hydrogen-bond acceptors (Lipinski definition) is 3. The van der Waals surface area contributed by atoms with E-state index in [1.54, 1.807) is 6.07 Å². The summed E-state index contributed by atoms with van der Waals surface area (Å²) in [5.41, 5.74) is 1.28. The van der Waals surface area contributed by atoms with E-state index in [2.05, 4.69) is 21.2 Å². The van der Waals surface area contributed by atoms with E-state index in [1.165, 1.54) is 12.1 Å². The molecule has 1 atom stereocenters. The zero-order chi connectivity index (χ0) is 16.1. The summed E-state index contributed by atoms with van der Waals surface area (Å²) >= 11 is 3.10. The first-order valence-electron chi connectivity index (χ1n) is 6.76. The molecular formula is C16H15BrN2O3. The summed E-state index contributed by atoms with van der Waals surface area (Å²) in [6.07, 6.45) is 0. The Morgan fingerprint density at radius 3 is 2.59 bits per heavy atom. The highest BCUT2D eigenvalue weighted by Gasteiger charge is 2.16. The predicted octanol–water partition coefficient (Wildman–Crippen LogP) is 3.89. The average molecular weight is 363 g/mol. The number of hydrogen-bond donors (Lipinski definition) is 1. The van der Waals surface area contributed by atoms with Crippen molar-refractivity contribution in [2.75, 3.05) is 6.54 Å². The Balaban J connectivity index is 2.04. The molecule has 0 saturated carbocycles. The van der Waals surface area contributed by atoms with Crippen molar-refractivity contribution in [2.45, 2.75) is 12.8 Å². The third-order valence-electron chi connectivity index (χ3n) is 3.34. The molecular weight excluding hydrogens is 348 g/mol. The molecule has 0 fully saturated rings. The molecule has 0 saturated heterocycles. The van der Waals surface area contributed by atoms with Crippen molar-refractivity contribution in [3.63, 3.8) is 0 Å². The van der Waals surface area contributed by atoms with E-state index in [4.69, 9.17) is 0 Å². The van der Waals surface area contributed by atoms with Crippen LogP contribution >= 0.6 is 15.9 Å². The summed E-state index contributed by atoms with van der Waals surface area (Å²) in [5.74, 6) is -0.158. The lowest BCUT2D eigenvalue weighted by Crippen LogP contribution is -2.27. The van der Waals surface area contributed by atoms with Crippen LogP contribution in [0.25, 0.3) is 0 Å². The van der Waals surface area contributed by atoms with Gasteiger partial charge in [0.2, 0.25) is 0 Å². The fourth-order valence-electron chi connectivity index (χ4n) is 2.04. The van der Waals surface area contributed by atoms with Crippen LogP contribution in [-0.4, -0.2) is 17.4 Å². The number of nitro groups is 1. The number of nitrogens with one attached hydrogen (secondary N) is 1. The molecule has 22 heavy (non-hydrogen) atoms. The van der Waals surface area contributed by atoms with Crippen LogP contribution in [0.15, 0.2) is 53.0 Å². The smallest absolute Gasteiger partial charge is 0.284 e. The van der Waals surface area contributed by atoms with E-state index in [0.29, 0.717) is 11.0 Å². The van der Waals surface area contributed by atoms with E-state index in [1.807, 2.05) is 37.3 Å². The number of carbonyl (C=O) groups is 1. The Hall–Kier alpha value is -2.21. The maximum atomic E-state index is 12.1. The first kappa shape index (κ1) is 16.2. The minimum atomic E-state index is -0.520. The molecule has 0 spiro atoms. The SMILES string of the molecule is C[C@H](CNC(=O)c1ccc(Br)c([N+](=O)[O-])c1)c1ccccc1. The Morgan fingerprint density at radius 1 is 1.27 bits per heavy atom. The normalized spacial score (nSPS) is 11.7. The summed E-state index contributed by atoms with van der Waals surface area (Å²) in [6, 6.07) is 14.2. The zero-order valence-electron chi connectivity index (χ0n) is 12.0. The summed E-state index contributed by atoms with van der Waals surface area (Å²) in [7, 11) is 0. The predicted molar refractivity (Wildman–Crippen MR) is 88.0 cm³/mol. The molecule has 6 heteroatoms. The van der Waals surface area contributed by atoms with Crippen molar-refractivity contribution in [3.05, 3.63) is 74.2 Å². The van der Waals surface area contributed by atoms with E-state index in [9.17, 15) is 14.9 Å². The Kier molecular flexibility index (Phi) is 5.27. The maximum Gasteiger partial charge on any atom is 0.284 e. The van der Waals surface area contributed by atoms with Gasteiger partial charge in [0, 0.05) is 18.2 Å². The van der Waals surface area contributed by atoms with Gasteiger partial charge in [-0.25, -0.2) is 0 Å². The van der Waals surface area contributed by atoms with Crippen LogP contribution in [0.5, 0.6) is 0 Å². The zero-order valence-corrected chi connectivity index (χ0v) is 13.5. The van der Waals surface area contributed by atoms with Crippen LogP contribution in [0.4, 0.5) is 5.69 Å². The third kappa shape index (κ3) is 3.92.